The van der Waals surface area contributed by atoms with Gasteiger partial charge in [0.2, 0.25) is 0 Å². The standard InChI is InChI=1S/C14H13N3OS/c15-14(19)11-6-5-9(7-16-11)17-12-8-18-13-4-2-1-3-10(12)13/h1-7,12,17H,8H2,(H2,15,19). The lowest BCUT2D eigenvalue weighted by Crippen LogP contribution is -2.14. The molecule has 3 rings (SSSR count). The van der Waals surface area contributed by atoms with Crippen LogP contribution in [0.4, 0.5) is 5.69 Å². The van der Waals surface area contributed by atoms with E-state index in [4.69, 9.17) is 22.7 Å². The number of thiocarbonyl (C=S) groups is 1. The van der Waals surface area contributed by atoms with Gasteiger partial charge < -0.3 is 15.8 Å². The number of rotatable bonds is 3. The molecule has 0 bridgehead atoms. The zero-order chi connectivity index (χ0) is 13.2. The first-order valence-corrected chi connectivity index (χ1v) is 6.39. The summed E-state index contributed by atoms with van der Waals surface area (Å²) in [5, 5.41) is 3.39. The molecule has 1 aliphatic rings. The van der Waals surface area contributed by atoms with Crippen molar-refractivity contribution in [3.63, 3.8) is 0 Å². The molecular formula is C14H13N3OS. The summed E-state index contributed by atoms with van der Waals surface area (Å²) < 4.78 is 5.62. The molecule has 2 aromatic rings. The highest BCUT2D eigenvalue weighted by Gasteiger charge is 2.23. The zero-order valence-corrected chi connectivity index (χ0v) is 11.0. The number of fused-ring (bicyclic) bond motifs is 1. The minimum atomic E-state index is 0.147. The Morgan fingerprint density at radius 3 is 2.89 bits per heavy atom. The molecular weight excluding hydrogens is 258 g/mol. The van der Waals surface area contributed by atoms with E-state index >= 15 is 0 Å². The quantitative estimate of drug-likeness (QED) is 0.839. The molecule has 1 aliphatic heterocycles. The molecule has 5 heteroatoms. The van der Waals surface area contributed by atoms with E-state index in [-0.39, 0.29) is 6.04 Å². The molecule has 0 fully saturated rings. The van der Waals surface area contributed by atoms with Crippen LogP contribution in [0.1, 0.15) is 17.3 Å². The lowest BCUT2D eigenvalue weighted by Gasteiger charge is -2.13. The lowest BCUT2D eigenvalue weighted by atomic mass is 10.1. The molecule has 1 aromatic heterocycles. The van der Waals surface area contributed by atoms with Gasteiger partial charge in [-0.05, 0) is 18.2 Å². The second kappa shape index (κ2) is 4.85. The molecule has 19 heavy (non-hydrogen) atoms. The van der Waals surface area contributed by atoms with E-state index in [2.05, 4.69) is 16.4 Å². The molecule has 1 atom stereocenters. The van der Waals surface area contributed by atoms with Gasteiger partial charge in [0.1, 0.15) is 17.3 Å². The molecule has 3 N–H and O–H groups in total. The Hall–Kier alpha value is -2.14. The topological polar surface area (TPSA) is 60.2 Å². The third-order valence-electron chi connectivity index (χ3n) is 3.06. The van der Waals surface area contributed by atoms with Crippen LogP contribution < -0.4 is 15.8 Å². The molecule has 4 nitrogen and oxygen atoms in total. The average Bonchev–Trinajstić information content (AvgIpc) is 2.83. The fraction of sp³-hybridized carbons (Fsp3) is 0.143. The summed E-state index contributed by atoms with van der Waals surface area (Å²) in [5.74, 6) is 0.938. The first kappa shape index (κ1) is 11.9. The number of anilines is 1. The van der Waals surface area contributed by atoms with Gasteiger partial charge in [-0.2, -0.15) is 0 Å². The van der Waals surface area contributed by atoms with Crippen molar-refractivity contribution in [3.05, 3.63) is 53.9 Å². The second-order valence-corrected chi connectivity index (χ2v) is 4.78. The van der Waals surface area contributed by atoms with Crippen LogP contribution in [0.5, 0.6) is 5.75 Å². The fourth-order valence-corrected chi connectivity index (χ4v) is 2.23. The number of hydrogen-bond donors (Lipinski definition) is 2. The molecule has 2 heterocycles. The van der Waals surface area contributed by atoms with Crippen LogP contribution in [-0.4, -0.2) is 16.6 Å². The van der Waals surface area contributed by atoms with Gasteiger partial charge in [-0.1, -0.05) is 30.4 Å². The summed E-state index contributed by atoms with van der Waals surface area (Å²) in [6, 6.07) is 11.9. The minimum Gasteiger partial charge on any atom is -0.491 e. The molecule has 1 aromatic carbocycles. The summed E-state index contributed by atoms with van der Waals surface area (Å²) in [6.07, 6.45) is 1.73. The monoisotopic (exact) mass is 271 g/mol. The van der Waals surface area contributed by atoms with Crippen molar-refractivity contribution >= 4 is 22.9 Å². The number of nitrogens with one attached hydrogen (secondary N) is 1. The number of benzene rings is 1. The number of pyridine rings is 1. The second-order valence-electron chi connectivity index (χ2n) is 4.34. The Balaban J connectivity index is 1.78. The maximum atomic E-state index is 5.62. The van der Waals surface area contributed by atoms with Crippen molar-refractivity contribution in [1.82, 2.24) is 4.98 Å². The number of para-hydroxylation sites is 1. The van der Waals surface area contributed by atoms with Crippen molar-refractivity contribution in [2.75, 3.05) is 11.9 Å². The van der Waals surface area contributed by atoms with Crippen molar-refractivity contribution in [3.8, 4) is 5.75 Å². The van der Waals surface area contributed by atoms with Crippen LogP contribution >= 0.6 is 12.2 Å². The molecule has 0 aliphatic carbocycles. The molecule has 1 unspecified atom stereocenters. The predicted octanol–water partition coefficient (Wildman–Crippen LogP) is 2.26. The first-order valence-electron chi connectivity index (χ1n) is 5.98. The maximum Gasteiger partial charge on any atom is 0.124 e. The summed E-state index contributed by atoms with van der Waals surface area (Å²) in [5.41, 5.74) is 8.24. The number of nitrogens with zero attached hydrogens (tertiary/aromatic N) is 1. The van der Waals surface area contributed by atoms with Crippen molar-refractivity contribution in [2.24, 2.45) is 5.73 Å². The highest BCUT2D eigenvalue weighted by molar-refractivity contribution is 7.80. The van der Waals surface area contributed by atoms with E-state index in [1.54, 1.807) is 6.20 Å². The molecule has 0 radical (unpaired) electrons. The smallest absolute Gasteiger partial charge is 0.124 e. The van der Waals surface area contributed by atoms with Gasteiger partial charge in [-0.3, -0.25) is 4.98 Å². The molecule has 0 saturated heterocycles. The largest absolute Gasteiger partial charge is 0.491 e. The Morgan fingerprint density at radius 1 is 1.32 bits per heavy atom. The normalized spacial score (nSPS) is 16.5. The number of aromatic nitrogens is 1. The first-order chi connectivity index (χ1) is 9.24. The Kier molecular flexibility index (Phi) is 3.05. The van der Waals surface area contributed by atoms with Crippen LogP contribution in [0.15, 0.2) is 42.6 Å². The highest BCUT2D eigenvalue weighted by Crippen LogP contribution is 2.33. The van der Waals surface area contributed by atoms with E-state index in [0.717, 1.165) is 11.4 Å². The molecule has 0 saturated carbocycles. The van der Waals surface area contributed by atoms with Gasteiger partial charge in [-0.15, -0.1) is 0 Å². The number of hydrogen-bond acceptors (Lipinski definition) is 4. The summed E-state index contributed by atoms with van der Waals surface area (Å²) in [6.45, 7) is 0.621. The van der Waals surface area contributed by atoms with E-state index in [9.17, 15) is 0 Å². The van der Waals surface area contributed by atoms with Crippen LogP contribution in [-0.2, 0) is 0 Å². The van der Waals surface area contributed by atoms with Gasteiger partial charge in [-0.25, -0.2) is 0 Å². The summed E-state index contributed by atoms with van der Waals surface area (Å²) in [7, 11) is 0. The van der Waals surface area contributed by atoms with Gasteiger partial charge in [0.25, 0.3) is 0 Å². The third kappa shape index (κ3) is 2.37. The Labute approximate surface area is 116 Å². The van der Waals surface area contributed by atoms with E-state index in [0.29, 0.717) is 17.3 Å². The summed E-state index contributed by atoms with van der Waals surface area (Å²) >= 11 is 4.88. The van der Waals surface area contributed by atoms with Crippen LogP contribution in [0.3, 0.4) is 0 Å². The SMILES string of the molecule is NC(=S)c1ccc(NC2COc3ccccc32)cn1. The molecule has 96 valence electrons. The maximum absolute atomic E-state index is 5.62. The number of ether oxygens (including phenoxy) is 1. The van der Waals surface area contributed by atoms with Gasteiger partial charge >= 0.3 is 0 Å². The lowest BCUT2D eigenvalue weighted by molar-refractivity contribution is 0.340. The average molecular weight is 271 g/mol. The van der Waals surface area contributed by atoms with Crippen molar-refractivity contribution in [1.29, 1.82) is 0 Å². The minimum absolute atomic E-state index is 0.147. The molecule has 0 amide bonds. The summed E-state index contributed by atoms with van der Waals surface area (Å²) in [4.78, 5) is 4.51. The van der Waals surface area contributed by atoms with Crippen LogP contribution in [0, 0.1) is 0 Å². The van der Waals surface area contributed by atoms with Crippen LogP contribution in [0.2, 0.25) is 0 Å². The van der Waals surface area contributed by atoms with Crippen molar-refractivity contribution in [2.45, 2.75) is 6.04 Å². The highest BCUT2D eigenvalue weighted by atomic mass is 32.1. The third-order valence-corrected chi connectivity index (χ3v) is 3.27. The van der Waals surface area contributed by atoms with E-state index in [1.165, 1.54) is 5.56 Å². The van der Waals surface area contributed by atoms with Gasteiger partial charge in [0.05, 0.1) is 23.6 Å². The predicted molar refractivity (Wildman–Crippen MR) is 78.4 cm³/mol. The van der Waals surface area contributed by atoms with Gasteiger partial charge in [0.15, 0.2) is 0 Å². The zero-order valence-electron chi connectivity index (χ0n) is 10.2. The van der Waals surface area contributed by atoms with Gasteiger partial charge in [0, 0.05) is 5.56 Å². The van der Waals surface area contributed by atoms with E-state index < -0.39 is 0 Å². The molecule has 0 spiro atoms. The fourth-order valence-electron chi connectivity index (χ4n) is 2.11. The number of nitrogens with two attached hydrogens (primary N) is 1. The Bertz CT molecular complexity index is 612. The van der Waals surface area contributed by atoms with E-state index in [1.807, 2.05) is 30.3 Å². The van der Waals surface area contributed by atoms with Crippen molar-refractivity contribution < 1.29 is 4.74 Å². The van der Waals surface area contributed by atoms with Crippen LogP contribution in [0.25, 0.3) is 0 Å². The Morgan fingerprint density at radius 2 is 2.16 bits per heavy atom.